The van der Waals surface area contributed by atoms with E-state index in [2.05, 4.69) is 26.9 Å². The molecule has 4 heteroatoms. The molecule has 2 heterocycles. The van der Waals surface area contributed by atoms with Crippen molar-refractivity contribution in [2.24, 2.45) is 0 Å². The number of imidazole rings is 1. The molecule has 0 aliphatic rings. The Hall–Kier alpha value is -1.45. The first-order valence-electron chi connectivity index (χ1n) is 4.04. The third-order valence-corrected chi connectivity index (χ3v) is 1.70. The normalized spacial score (nSPS) is 10.8. The van der Waals surface area contributed by atoms with Gasteiger partial charge in [0.1, 0.15) is 17.7 Å². The highest BCUT2D eigenvalue weighted by Crippen LogP contribution is 2.06. The van der Waals surface area contributed by atoms with Crippen LogP contribution in [0.25, 0.3) is 11.2 Å². The van der Waals surface area contributed by atoms with Crippen molar-refractivity contribution < 1.29 is 0 Å². The molecule has 0 radical (unpaired) electrons. The fourth-order valence-corrected chi connectivity index (χ4v) is 1.17. The Balaban J connectivity index is 2.47. The fourth-order valence-electron chi connectivity index (χ4n) is 1.17. The van der Waals surface area contributed by atoms with Gasteiger partial charge in [-0.3, -0.25) is 0 Å². The van der Waals surface area contributed by atoms with Crippen LogP contribution >= 0.6 is 0 Å². The average Bonchev–Trinajstić information content (AvgIpc) is 2.47. The van der Waals surface area contributed by atoms with Crippen LogP contribution in [0, 0.1) is 0 Å². The fraction of sp³-hybridized carbons (Fsp3) is 0.375. The molecule has 0 aliphatic heterocycles. The molecule has 0 aliphatic carbocycles. The van der Waals surface area contributed by atoms with Crippen LogP contribution in [0.5, 0.6) is 0 Å². The zero-order valence-electron chi connectivity index (χ0n) is 6.91. The number of aromatic amines is 1. The highest BCUT2D eigenvalue weighted by atomic mass is 15.0. The van der Waals surface area contributed by atoms with Gasteiger partial charge in [-0.25, -0.2) is 15.0 Å². The van der Waals surface area contributed by atoms with Gasteiger partial charge in [-0.1, -0.05) is 6.92 Å². The molecule has 2 aromatic rings. The van der Waals surface area contributed by atoms with Gasteiger partial charge < -0.3 is 4.98 Å². The summed E-state index contributed by atoms with van der Waals surface area (Å²) >= 11 is 0. The lowest BCUT2D eigenvalue weighted by Crippen LogP contribution is -1.84. The van der Waals surface area contributed by atoms with Gasteiger partial charge in [-0.05, 0) is 6.42 Å². The molecule has 0 amide bonds. The second-order valence-electron chi connectivity index (χ2n) is 2.69. The van der Waals surface area contributed by atoms with Gasteiger partial charge in [0.15, 0.2) is 5.65 Å². The minimum atomic E-state index is 0.758. The number of hydrogen-bond acceptors (Lipinski definition) is 3. The van der Waals surface area contributed by atoms with Gasteiger partial charge in [0.25, 0.3) is 0 Å². The number of nitrogens with one attached hydrogen (secondary N) is 1. The second-order valence-corrected chi connectivity index (χ2v) is 2.69. The molecule has 0 saturated carbocycles. The van der Waals surface area contributed by atoms with Crippen LogP contribution in [0.4, 0.5) is 0 Å². The number of aromatic nitrogens is 4. The predicted octanol–water partition coefficient (Wildman–Crippen LogP) is 1.31. The van der Waals surface area contributed by atoms with Crippen LogP contribution in [-0.4, -0.2) is 19.9 Å². The summed E-state index contributed by atoms with van der Waals surface area (Å²) in [6, 6.07) is 0. The smallest absolute Gasteiger partial charge is 0.180 e. The summed E-state index contributed by atoms with van der Waals surface area (Å²) in [6.07, 6.45) is 5.32. The summed E-state index contributed by atoms with van der Waals surface area (Å²) in [6.45, 7) is 2.12. The number of nitrogens with zero attached hydrogens (tertiary/aromatic N) is 3. The maximum absolute atomic E-state index is 4.30. The first-order valence-corrected chi connectivity index (χ1v) is 4.04. The molecule has 0 bridgehead atoms. The minimum Gasteiger partial charge on any atom is -0.339 e. The molecule has 0 aromatic carbocycles. The van der Waals surface area contributed by atoms with Crippen molar-refractivity contribution in [1.29, 1.82) is 0 Å². The molecule has 0 atom stereocenters. The Bertz CT molecular complexity index is 346. The molecular formula is C8H10N4. The van der Waals surface area contributed by atoms with E-state index in [1.807, 2.05) is 0 Å². The summed E-state index contributed by atoms with van der Waals surface area (Å²) in [5, 5.41) is 0. The van der Waals surface area contributed by atoms with E-state index in [0.29, 0.717) is 0 Å². The van der Waals surface area contributed by atoms with Crippen LogP contribution < -0.4 is 0 Å². The van der Waals surface area contributed by atoms with Crippen molar-refractivity contribution in [2.45, 2.75) is 19.8 Å². The second kappa shape index (κ2) is 2.89. The predicted molar refractivity (Wildman–Crippen MR) is 45.7 cm³/mol. The van der Waals surface area contributed by atoms with Gasteiger partial charge in [0.2, 0.25) is 0 Å². The average molecular weight is 162 g/mol. The SMILES string of the molecule is CCCc1nc2ncncc2[nH]1. The molecule has 0 spiro atoms. The molecule has 2 aromatic heterocycles. The number of rotatable bonds is 2. The molecule has 2 rings (SSSR count). The van der Waals surface area contributed by atoms with Crippen molar-refractivity contribution in [2.75, 3.05) is 0 Å². The molecule has 0 saturated heterocycles. The summed E-state index contributed by atoms with van der Waals surface area (Å²) in [5.74, 6) is 0.994. The van der Waals surface area contributed by atoms with Crippen LogP contribution in [0.3, 0.4) is 0 Å². The van der Waals surface area contributed by atoms with E-state index in [1.54, 1.807) is 6.20 Å². The molecule has 0 fully saturated rings. The van der Waals surface area contributed by atoms with Crippen LogP contribution in [-0.2, 0) is 6.42 Å². The number of fused-ring (bicyclic) bond motifs is 1. The van der Waals surface area contributed by atoms with Crippen molar-refractivity contribution in [3.8, 4) is 0 Å². The van der Waals surface area contributed by atoms with E-state index in [1.165, 1.54) is 6.33 Å². The maximum atomic E-state index is 4.30. The first kappa shape index (κ1) is 7.21. The zero-order chi connectivity index (χ0) is 8.39. The van der Waals surface area contributed by atoms with E-state index in [-0.39, 0.29) is 0 Å². The van der Waals surface area contributed by atoms with Gasteiger partial charge in [0.05, 0.1) is 6.20 Å². The third kappa shape index (κ3) is 1.15. The molecule has 62 valence electrons. The summed E-state index contributed by atoms with van der Waals surface area (Å²) in [7, 11) is 0. The van der Waals surface area contributed by atoms with Crippen LogP contribution in [0.2, 0.25) is 0 Å². The Morgan fingerprint density at radius 3 is 3.17 bits per heavy atom. The first-order chi connectivity index (χ1) is 5.90. The van der Waals surface area contributed by atoms with Crippen molar-refractivity contribution in [1.82, 2.24) is 19.9 Å². The number of aryl methyl sites for hydroxylation is 1. The van der Waals surface area contributed by atoms with Crippen molar-refractivity contribution >= 4 is 11.2 Å². The number of hydrogen-bond donors (Lipinski definition) is 1. The highest BCUT2D eigenvalue weighted by Gasteiger charge is 2.00. The lowest BCUT2D eigenvalue weighted by atomic mass is 10.3. The Morgan fingerprint density at radius 1 is 1.50 bits per heavy atom. The Labute approximate surface area is 70.1 Å². The Morgan fingerprint density at radius 2 is 2.42 bits per heavy atom. The number of H-pyrrole nitrogens is 1. The molecule has 0 unspecified atom stereocenters. The zero-order valence-corrected chi connectivity index (χ0v) is 6.91. The minimum absolute atomic E-state index is 0.758. The largest absolute Gasteiger partial charge is 0.339 e. The monoisotopic (exact) mass is 162 g/mol. The lowest BCUT2D eigenvalue weighted by Gasteiger charge is -1.86. The maximum Gasteiger partial charge on any atom is 0.180 e. The molecule has 12 heavy (non-hydrogen) atoms. The summed E-state index contributed by atoms with van der Waals surface area (Å²) in [5.41, 5.74) is 1.68. The summed E-state index contributed by atoms with van der Waals surface area (Å²) < 4.78 is 0. The van der Waals surface area contributed by atoms with Gasteiger partial charge in [-0.2, -0.15) is 0 Å². The van der Waals surface area contributed by atoms with Gasteiger partial charge in [-0.15, -0.1) is 0 Å². The van der Waals surface area contributed by atoms with Crippen LogP contribution in [0.1, 0.15) is 19.2 Å². The summed E-state index contributed by atoms with van der Waals surface area (Å²) in [4.78, 5) is 15.4. The van der Waals surface area contributed by atoms with Crippen molar-refractivity contribution in [3.05, 3.63) is 18.3 Å². The standard InChI is InChI=1S/C8H10N4/c1-2-3-7-11-6-4-9-5-10-8(6)12-7/h4-5H,2-3H2,1H3,(H,9,10,11,12). The lowest BCUT2D eigenvalue weighted by molar-refractivity contribution is 0.860. The van der Waals surface area contributed by atoms with Crippen molar-refractivity contribution in [3.63, 3.8) is 0 Å². The van der Waals surface area contributed by atoms with E-state index in [9.17, 15) is 0 Å². The molecule has 1 N–H and O–H groups in total. The van der Waals surface area contributed by atoms with Gasteiger partial charge >= 0.3 is 0 Å². The quantitative estimate of drug-likeness (QED) is 0.724. The van der Waals surface area contributed by atoms with E-state index >= 15 is 0 Å². The Kier molecular flexibility index (Phi) is 1.74. The topological polar surface area (TPSA) is 54.5 Å². The van der Waals surface area contributed by atoms with E-state index < -0.39 is 0 Å². The molecule has 4 nitrogen and oxygen atoms in total. The molecular weight excluding hydrogens is 152 g/mol. The highest BCUT2D eigenvalue weighted by molar-refractivity contribution is 5.68. The van der Waals surface area contributed by atoms with E-state index in [0.717, 1.165) is 29.8 Å². The van der Waals surface area contributed by atoms with Crippen LogP contribution in [0.15, 0.2) is 12.5 Å². The van der Waals surface area contributed by atoms with Gasteiger partial charge in [0, 0.05) is 6.42 Å². The third-order valence-electron chi connectivity index (χ3n) is 1.70. The van der Waals surface area contributed by atoms with E-state index in [4.69, 9.17) is 0 Å².